The fourth-order valence-electron chi connectivity index (χ4n) is 6.07. The van der Waals surface area contributed by atoms with E-state index in [1.165, 1.54) is 31.2 Å². The van der Waals surface area contributed by atoms with Gasteiger partial charge in [-0.2, -0.15) is 0 Å². The zero-order valence-corrected chi connectivity index (χ0v) is 18.1. The zero-order valence-electron chi connectivity index (χ0n) is 18.1. The predicted molar refractivity (Wildman–Crippen MR) is 117 cm³/mol. The van der Waals surface area contributed by atoms with Crippen LogP contribution in [0.5, 0.6) is 0 Å². The Bertz CT molecular complexity index is 681. The van der Waals surface area contributed by atoms with Crippen LogP contribution in [-0.4, -0.2) is 47.7 Å². The molecule has 3 aliphatic rings. The number of likely N-dealkylation sites (tertiary alicyclic amines) is 1. The average Bonchev–Trinajstić information content (AvgIpc) is 3.20. The van der Waals surface area contributed by atoms with Crippen molar-refractivity contribution in [2.24, 2.45) is 11.8 Å². The van der Waals surface area contributed by atoms with Crippen molar-refractivity contribution < 1.29 is 14.3 Å². The van der Waals surface area contributed by atoms with Crippen molar-refractivity contribution in [1.82, 2.24) is 10.2 Å². The second-order valence-electron chi connectivity index (χ2n) is 9.88. The summed E-state index contributed by atoms with van der Waals surface area (Å²) in [5, 5.41) is 13.3. The minimum absolute atomic E-state index is 0.158. The summed E-state index contributed by atoms with van der Waals surface area (Å²) >= 11 is 0. The molecule has 0 spiro atoms. The van der Waals surface area contributed by atoms with E-state index in [1.807, 2.05) is 12.1 Å². The number of piperidine rings is 1. The van der Waals surface area contributed by atoms with Gasteiger partial charge in [0.05, 0.1) is 0 Å². The molecule has 2 N–H and O–H groups in total. The standard InChI is InChI=1S/C25H37FN2O2/c26-22-9-7-19(8-10-22)20-12-14-28(15-13-20)17-18-6-11-23(16-18)27-24(25(29)30)21-4-2-1-3-5-21/h7-10,18,20-21,23-24,27H,1-6,11-17H2,(H,29,30). The molecule has 0 aromatic heterocycles. The average molecular weight is 417 g/mol. The molecule has 0 radical (unpaired) electrons. The van der Waals surface area contributed by atoms with Crippen molar-refractivity contribution in [2.45, 2.75) is 82.2 Å². The quantitative estimate of drug-likeness (QED) is 0.671. The topological polar surface area (TPSA) is 52.6 Å². The predicted octanol–water partition coefficient (Wildman–Crippen LogP) is 4.80. The molecule has 0 bridgehead atoms. The maximum absolute atomic E-state index is 13.2. The molecule has 1 aliphatic heterocycles. The minimum atomic E-state index is -0.659. The Morgan fingerprint density at radius 2 is 1.73 bits per heavy atom. The highest BCUT2D eigenvalue weighted by atomic mass is 19.1. The van der Waals surface area contributed by atoms with E-state index >= 15 is 0 Å². The van der Waals surface area contributed by atoms with E-state index in [-0.39, 0.29) is 11.9 Å². The van der Waals surface area contributed by atoms with E-state index in [4.69, 9.17) is 0 Å². The Labute approximate surface area is 180 Å². The van der Waals surface area contributed by atoms with E-state index < -0.39 is 5.97 Å². The van der Waals surface area contributed by atoms with Crippen LogP contribution in [0.3, 0.4) is 0 Å². The summed E-state index contributed by atoms with van der Waals surface area (Å²) in [5.41, 5.74) is 1.27. The number of carbonyl (C=O) groups is 1. The fraction of sp³-hybridized carbons (Fsp3) is 0.720. The SMILES string of the molecule is O=C(O)C(NC1CCC(CN2CCC(c3ccc(F)cc3)CC2)C1)C1CCCCC1. The molecule has 3 atom stereocenters. The highest BCUT2D eigenvalue weighted by Gasteiger charge is 2.34. The van der Waals surface area contributed by atoms with Crippen LogP contribution in [0.25, 0.3) is 0 Å². The molecule has 1 aromatic carbocycles. The summed E-state index contributed by atoms with van der Waals surface area (Å²) in [5.74, 6) is 0.709. The first-order valence-corrected chi connectivity index (χ1v) is 12.0. The summed E-state index contributed by atoms with van der Waals surface area (Å²) in [4.78, 5) is 14.4. The summed E-state index contributed by atoms with van der Waals surface area (Å²) in [6, 6.07) is 7.02. The van der Waals surface area contributed by atoms with Crippen LogP contribution in [-0.2, 0) is 4.79 Å². The third-order valence-electron chi connectivity index (χ3n) is 7.79. The van der Waals surface area contributed by atoms with Gasteiger partial charge in [0.15, 0.2) is 0 Å². The van der Waals surface area contributed by atoms with E-state index in [1.54, 1.807) is 12.1 Å². The van der Waals surface area contributed by atoms with Crippen molar-refractivity contribution in [3.63, 3.8) is 0 Å². The number of carboxylic acid groups (broad SMARTS) is 1. The normalized spacial score (nSPS) is 27.9. The molecular formula is C25H37FN2O2. The number of hydrogen-bond acceptors (Lipinski definition) is 3. The summed E-state index contributed by atoms with van der Waals surface area (Å²) in [6.07, 6.45) is 11.4. The van der Waals surface area contributed by atoms with Crippen LogP contribution in [0, 0.1) is 17.7 Å². The third kappa shape index (κ3) is 5.61. The minimum Gasteiger partial charge on any atom is -0.480 e. The molecule has 5 heteroatoms. The Hall–Kier alpha value is -1.46. The molecular weight excluding hydrogens is 379 g/mol. The molecule has 1 heterocycles. The number of benzene rings is 1. The Morgan fingerprint density at radius 3 is 2.40 bits per heavy atom. The maximum Gasteiger partial charge on any atom is 0.320 e. The van der Waals surface area contributed by atoms with Crippen molar-refractivity contribution >= 4 is 5.97 Å². The lowest BCUT2D eigenvalue weighted by Gasteiger charge is -2.34. The van der Waals surface area contributed by atoms with Crippen LogP contribution in [0.2, 0.25) is 0 Å². The van der Waals surface area contributed by atoms with Gasteiger partial charge >= 0.3 is 5.97 Å². The van der Waals surface area contributed by atoms with Gasteiger partial charge in [-0.05, 0) is 93.5 Å². The van der Waals surface area contributed by atoms with Gasteiger partial charge in [0.2, 0.25) is 0 Å². The third-order valence-corrected chi connectivity index (χ3v) is 7.79. The molecule has 4 rings (SSSR count). The van der Waals surface area contributed by atoms with E-state index in [0.717, 1.165) is 58.2 Å². The molecule has 166 valence electrons. The van der Waals surface area contributed by atoms with Crippen molar-refractivity contribution in [3.05, 3.63) is 35.6 Å². The van der Waals surface area contributed by atoms with Crippen molar-refractivity contribution in [1.29, 1.82) is 0 Å². The van der Waals surface area contributed by atoms with Gasteiger partial charge in [0, 0.05) is 12.6 Å². The van der Waals surface area contributed by atoms with E-state index in [9.17, 15) is 14.3 Å². The molecule has 2 saturated carbocycles. The summed E-state index contributed by atoms with van der Waals surface area (Å²) < 4.78 is 13.2. The summed E-state index contributed by atoms with van der Waals surface area (Å²) in [6.45, 7) is 3.35. The van der Waals surface area contributed by atoms with Gasteiger partial charge in [-0.1, -0.05) is 31.4 Å². The van der Waals surface area contributed by atoms with Gasteiger partial charge in [-0.15, -0.1) is 0 Å². The molecule has 4 nitrogen and oxygen atoms in total. The first-order valence-electron chi connectivity index (χ1n) is 12.0. The lowest BCUT2D eigenvalue weighted by molar-refractivity contribution is -0.141. The second kappa shape index (κ2) is 10.2. The largest absolute Gasteiger partial charge is 0.480 e. The first kappa shape index (κ1) is 21.8. The second-order valence-corrected chi connectivity index (χ2v) is 9.88. The maximum atomic E-state index is 13.2. The van der Waals surface area contributed by atoms with Gasteiger partial charge in [-0.25, -0.2) is 4.39 Å². The van der Waals surface area contributed by atoms with Crippen molar-refractivity contribution in [3.8, 4) is 0 Å². The van der Waals surface area contributed by atoms with Crippen molar-refractivity contribution in [2.75, 3.05) is 19.6 Å². The van der Waals surface area contributed by atoms with Gasteiger partial charge in [-0.3, -0.25) is 4.79 Å². The highest BCUT2D eigenvalue weighted by Crippen LogP contribution is 2.33. The number of halogens is 1. The van der Waals surface area contributed by atoms with Crippen LogP contribution in [0.4, 0.5) is 4.39 Å². The zero-order chi connectivity index (χ0) is 20.9. The smallest absolute Gasteiger partial charge is 0.320 e. The monoisotopic (exact) mass is 416 g/mol. The van der Waals surface area contributed by atoms with Crippen LogP contribution < -0.4 is 5.32 Å². The fourth-order valence-corrected chi connectivity index (χ4v) is 6.07. The number of hydrogen-bond donors (Lipinski definition) is 2. The molecule has 1 aromatic rings. The highest BCUT2D eigenvalue weighted by molar-refractivity contribution is 5.74. The molecule has 3 fully saturated rings. The molecule has 30 heavy (non-hydrogen) atoms. The number of aliphatic carboxylic acids is 1. The lowest BCUT2D eigenvalue weighted by atomic mass is 9.83. The number of rotatable bonds is 7. The van der Waals surface area contributed by atoms with Gasteiger partial charge < -0.3 is 15.3 Å². The Kier molecular flexibility index (Phi) is 7.42. The van der Waals surface area contributed by atoms with E-state index in [2.05, 4.69) is 10.2 Å². The van der Waals surface area contributed by atoms with Crippen LogP contribution in [0.15, 0.2) is 24.3 Å². The number of nitrogens with zero attached hydrogens (tertiary/aromatic N) is 1. The molecule has 1 saturated heterocycles. The summed E-state index contributed by atoms with van der Waals surface area (Å²) in [7, 11) is 0. The van der Waals surface area contributed by atoms with Gasteiger partial charge in [0.25, 0.3) is 0 Å². The molecule has 2 aliphatic carbocycles. The number of carboxylic acids is 1. The van der Waals surface area contributed by atoms with E-state index in [0.29, 0.717) is 23.8 Å². The van der Waals surface area contributed by atoms with Crippen LogP contribution in [0.1, 0.15) is 75.7 Å². The Morgan fingerprint density at radius 1 is 1.03 bits per heavy atom. The van der Waals surface area contributed by atoms with Crippen LogP contribution >= 0.6 is 0 Å². The number of nitrogens with one attached hydrogen (secondary N) is 1. The molecule has 0 amide bonds. The first-order chi connectivity index (χ1) is 14.6. The molecule has 3 unspecified atom stereocenters. The van der Waals surface area contributed by atoms with Gasteiger partial charge in [0.1, 0.15) is 11.9 Å². The lowest BCUT2D eigenvalue weighted by Crippen LogP contribution is -2.47. The Balaban J connectivity index is 1.21.